The molecule has 34 heavy (non-hydrogen) atoms. The van der Waals surface area contributed by atoms with Crippen LogP contribution in [0.3, 0.4) is 0 Å². The summed E-state index contributed by atoms with van der Waals surface area (Å²) >= 11 is 0. The molecular formula is C24H29N5O5. The Hall–Kier alpha value is -3.95. The third-order valence-electron chi connectivity index (χ3n) is 4.90. The zero-order chi connectivity index (χ0) is 24.9. The summed E-state index contributed by atoms with van der Waals surface area (Å²) in [7, 11) is 1.69. The third-order valence-corrected chi connectivity index (χ3v) is 4.90. The maximum Gasteiger partial charge on any atom is 0.412 e. The van der Waals surface area contributed by atoms with Crippen molar-refractivity contribution >= 4 is 34.6 Å². The molecule has 0 aliphatic rings. The number of carbonyl (C=O) groups excluding carboxylic acids is 2. The summed E-state index contributed by atoms with van der Waals surface area (Å²) in [4.78, 5) is 47.0. The fraction of sp³-hybridized carbons (Fsp3) is 0.375. The van der Waals surface area contributed by atoms with Gasteiger partial charge in [0.1, 0.15) is 5.60 Å². The summed E-state index contributed by atoms with van der Waals surface area (Å²) < 4.78 is 10.7. The van der Waals surface area contributed by atoms with Gasteiger partial charge in [-0.05, 0) is 57.0 Å². The van der Waals surface area contributed by atoms with E-state index in [0.29, 0.717) is 29.9 Å². The Morgan fingerprint density at radius 1 is 1.21 bits per heavy atom. The predicted octanol–water partition coefficient (Wildman–Crippen LogP) is 3.38. The fourth-order valence-electron chi connectivity index (χ4n) is 3.18. The second-order valence-electron chi connectivity index (χ2n) is 8.85. The minimum absolute atomic E-state index is 0.102. The molecular weight excluding hydrogens is 438 g/mol. The number of anilines is 2. The van der Waals surface area contributed by atoms with Crippen LogP contribution in [0.1, 0.15) is 38.3 Å². The first-order valence-corrected chi connectivity index (χ1v) is 10.8. The van der Waals surface area contributed by atoms with Crippen LogP contribution in [0.2, 0.25) is 0 Å². The first kappa shape index (κ1) is 24.7. The van der Waals surface area contributed by atoms with E-state index in [1.165, 1.54) is 0 Å². The smallest absolute Gasteiger partial charge is 0.412 e. The number of rotatable bonds is 7. The summed E-state index contributed by atoms with van der Waals surface area (Å²) in [5.41, 5.74) is 1.05. The van der Waals surface area contributed by atoms with E-state index in [-0.39, 0.29) is 23.7 Å². The molecule has 10 nitrogen and oxygen atoms in total. The Balaban J connectivity index is 1.67. The lowest BCUT2D eigenvalue weighted by Gasteiger charge is -2.20. The monoisotopic (exact) mass is 467 g/mol. The number of hydrogen-bond donors (Lipinski definition) is 2. The van der Waals surface area contributed by atoms with Crippen molar-refractivity contribution in [1.82, 2.24) is 15.3 Å². The van der Waals surface area contributed by atoms with Gasteiger partial charge >= 0.3 is 11.7 Å². The molecule has 2 amide bonds. The van der Waals surface area contributed by atoms with Gasteiger partial charge in [0.05, 0.1) is 10.9 Å². The van der Waals surface area contributed by atoms with E-state index in [9.17, 15) is 14.4 Å². The number of fused-ring (bicyclic) bond motifs is 1. The molecule has 2 heterocycles. The first-order chi connectivity index (χ1) is 16.0. The Morgan fingerprint density at radius 3 is 2.65 bits per heavy atom. The Morgan fingerprint density at radius 2 is 1.97 bits per heavy atom. The maximum absolute atomic E-state index is 12.7. The van der Waals surface area contributed by atoms with Gasteiger partial charge in [-0.25, -0.2) is 9.59 Å². The summed E-state index contributed by atoms with van der Waals surface area (Å²) in [6, 6.07) is 7.07. The van der Waals surface area contributed by atoms with Crippen molar-refractivity contribution in [1.29, 1.82) is 0 Å². The molecule has 0 unspecified atom stereocenters. The average molecular weight is 468 g/mol. The maximum atomic E-state index is 12.7. The molecule has 0 aliphatic carbocycles. The van der Waals surface area contributed by atoms with Gasteiger partial charge in [-0.1, -0.05) is 6.07 Å². The highest BCUT2D eigenvalue weighted by Crippen LogP contribution is 2.24. The summed E-state index contributed by atoms with van der Waals surface area (Å²) in [5.74, 6) is -0.146. The van der Waals surface area contributed by atoms with Crippen molar-refractivity contribution in [3.8, 4) is 0 Å². The van der Waals surface area contributed by atoms with E-state index >= 15 is 0 Å². The topological polar surface area (TPSA) is 127 Å². The molecule has 10 heteroatoms. The van der Waals surface area contributed by atoms with Crippen molar-refractivity contribution in [2.75, 3.05) is 23.8 Å². The number of ether oxygens (including phenoxy) is 1. The van der Waals surface area contributed by atoms with E-state index < -0.39 is 17.3 Å². The molecule has 0 radical (unpaired) electrons. The number of pyridine rings is 1. The average Bonchev–Trinajstić information content (AvgIpc) is 2.77. The van der Waals surface area contributed by atoms with Gasteiger partial charge in [0.2, 0.25) is 5.91 Å². The van der Waals surface area contributed by atoms with Crippen LogP contribution < -0.4 is 21.2 Å². The molecule has 3 aromatic rings. The van der Waals surface area contributed by atoms with Gasteiger partial charge in [-0.15, -0.1) is 0 Å². The number of aryl methyl sites for hydroxylation is 1. The van der Waals surface area contributed by atoms with Crippen LogP contribution in [0.4, 0.5) is 16.5 Å². The molecule has 2 N–H and O–H groups in total. The Kier molecular flexibility index (Phi) is 7.50. The van der Waals surface area contributed by atoms with E-state index in [2.05, 4.69) is 20.6 Å². The lowest BCUT2D eigenvalue weighted by Crippen LogP contribution is -2.29. The standard InChI is InChI=1S/C24H29N5O5/c1-15-17(28-23(32)34-24(2,3)4)8-9-18-20(15)21(31)33-22(27-18)29(5)12-10-19(30)26-14-16-7-6-11-25-13-16/h6-9,11,13H,10,12,14H2,1-5H3,(H,26,30)(H,28,32). The van der Waals surface area contributed by atoms with Crippen LogP contribution in [0.25, 0.3) is 10.9 Å². The molecule has 0 bridgehead atoms. The van der Waals surface area contributed by atoms with E-state index in [4.69, 9.17) is 9.15 Å². The largest absolute Gasteiger partial charge is 0.444 e. The minimum Gasteiger partial charge on any atom is -0.444 e. The van der Waals surface area contributed by atoms with Crippen molar-refractivity contribution < 1.29 is 18.7 Å². The molecule has 0 saturated carbocycles. The Labute approximate surface area is 197 Å². The normalized spacial score (nSPS) is 11.2. The van der Waals surface area contributed by atoms with E-state index in [0.717, 1.165) is 5.56 Å². The zero-order valence-electron chi connectivity index (χ0n) is 20.0. The fourth-order valence-corrected chi connectivity index (χ4v) is 3.18. The summed E-state index contributed by atoms with van der Waals surface area (Å²) in [6.45, 7) is 7.68. The quantitative estimate of drug-likeness (QED) is 0.541. The predicted molar refractivity (Wildman–Crippen MR) is 129 cm³/mol. The van der Waals surface area contributed by atoms with Gasteiger partial charge in [0.15, 0.2) is 0 Å². The number of benzene rings is 1. The van der Waals surface area contributed by atoms with Crippen molar-refractivity contribution in [3.63, 3.8) is 0 Å². The highest BCUT2D eigenvalue weighted by Gasteiger charge is 2.19. The van der Waals surface area contributed by atoms with Gasteiger partial charge in [0, 0.05) is 44.6 Å². The lowest BCUT2D eigenvalue weighted by molar-refractivity contribution is -0.121. The Bertz CT molecular complexity index is 1230. The van der Waals surface area contributed by atoms with Crippen LogP contribution in [-0.2, 0) is 16.1 Å². The van der Waals surface area contributed by atoms with Gasteiger partial charge in [-0.2, -0.15) is 4.98 Å². The highest BCUT2D eigenvalue weighted by atomic mass is 16.6. The second kappa shape index (κ2) is 10.3. The van der Waals surface area contributed by atoms with E-state index in [1.807, 2.05) is 6.07 Å². The molecule has 0 spiro atoms. The molecule has 0 saturated heterocycles. The minimum atomic E-state index is -0.648. The molecule has 0 aliphatic heterocycles. The number of carbonyl (C=O) groups is 2. The molecule has 1 aromatic carbocycles. The van der Waals surface area contributed by atoms with Gasteiger partial charge in [0.25, 0.3) is 6.01 Å². The number of nitrogens with zero attached hydrogens (tertiary/aromatic N) is 3. The first-order valence-electron chi connectivity index (χ1n) is 10.8. The molecule has 180 valence electrons. The molecule has 0 atom stereocenters. The summed E-state index contributed by atoms with van der Waals surface area (Å²) in [6.07, 6.45) is 2.93. The van der Waals surface area contributed by atoms with Crippen molar-refractivity contribution in [3.05, 3.63) is 58.2 Å². The number of nitrogens with one attached hydrogen (secondary N) is 2. The van der Waals surface area contributed by atoms with Crippen LogP contribution in [-0.4, -0.2) is 41.2 Å². The molecule has 2 aromatic heterocycles. The number of hydrogen-bond acceptors (Lipinski definition) is 8. The van der Waals surface area contributed by atoms with Gasteiger partial charge < -0.3 is 19.4 Å². The highest BCUT2D eigenvalue weighted by molar-refractivity contribution is 5.93. The molecule has 0 fully saturated rings. The second-order valence-corrected chi connectivity index (χ2v) is 8.85. The molecule has 3 rings (SSSR count). The van der Waals surface area contributed by atoms with Crippen LogP contribution in [0, 0.1) is 6.92 Å². The van der Waals surface area contributed by atoms with Crippen LogP contribution in [0.15, 0.2) is 45.9 Å². The number of aromatic nitrogens is 2. The van der Waals surface area contributed by atoms with Crippen molar-refractivity contribution in [2.45, 2.75) is 46.3 Å². The zero-order valence-corrected chi connectivity index (χ0v) is 20.0. The van der Waals surface area contributed by atoms with Crippen LogP contribution in [0.5, 0.6) is 0 Å². The van der Waals surface area contributed by atoms with Crippen molar-refractivity contribution in [2.24, 2.45) is 0 Å². The lowest BCUT2D eigenvalue weighted by atomic mass is 10.1. The third kappa shape index (κ3) is 6.53. The van der Waals surface area contributed by atoms with Crippen LogP contribution >= 0.6 is 0 Å². The number of amides is 2. The SMILES string of the molecule is Cc1c(NC(=O)OC(C)(C)C)ccc2nc(N(C)CCC(=O)NCc3cccnc3)oc(=O)c12. The van der Waals surface area contributed by atoms with E-state index in [1.54, 1.807) is 70.2 Å². The summed E-state index contributed by atoms with van der Waals surface area (Å²) in [5, 5.41) is 5.74. The van der Waals surface area contributed by atoms with Gasteiger partial charge in [-0.3, -0.25) is 15.1 Å².